The van der Waals surface area contributed by atoms with Crippen LogP contribution >= 0.6 is 11.5 Å². The zero-order valence-electron chi connectivity index (χ0n) is 17.5. The molecule has 0 aliphatic heterocycles. The van der Waals surface area contributed by atoms with Crippen molar-refractivity contribution in [1.82, 2.24) is 9.36 Å². The van der Waals surface area contributed by atoms with Gasteiger partial charge in [-0.3, -0.25) is 10.1 Å². The number of rotatable bonds is 11. The van der Waals surface area contributed by atoms with Crippen LogP contribution in [0.3, 0.4) is 0 Å². The molecule has 0 aliphatic carbocycles. The number of aliphatic hydroxyl groups is 1. The summed E-state index contributed by atoms with van der Waals surface area (Å²) in [4.78, 5) is 28.4. The van der Waals surface area contributed by atoms with Gasteiger partial charge in [-0.25, -0.2) is 9.78 Å². The molecule has 0 spiro atoms. The van der Waals surface area contributed by atoms with E-state index in [0.29, 0.717) is 6.42 Å². The Kier molecular flexibility index (Phi) is 10.4. The van der Waals surface area contributed by atoms with Crippen molar-refractivity contribution in [3.05, 3.63) is 5.82 Å². The zero-order chi connectivity index (χ0) is 21.2. The van der Waals surface area contributed by atoms with Crippen molar-refractivity contribution < 1.29 is 24.2 Å². The molecule has 2 N–H and O–H groups in total. The molecule has 160 valence electrons. The highest BCUT2D eigenvalue weighted by Gasteiger charge is 2.33. The van der Waals surface area contributed by atoms with Crippen LogP contribution in [0.4, 0.5) is 9.93 Å². The molecular formula is C19H33N3O5S. The maximum absolute atomic E-state index is 12.4. The summed E-state index contributed by atoms with van der Waals surface area (Å²) in [6.45, 7) is 9.31. The summed E-state index contributed by atoms with van der Waals surface area (Å²) in [6.07, 6.45) is 4.08. The molecule has 8 nitrogen and oxygen atoms in total. The van der Waals surface area contributed by atoms with Crippen molar-refractivity contribution in [3.8, 4) is 0 Å². The SMILES string of the molecule is CCCCCCCC(O)C(C(=O)OCC)c1nsc(NC(=O)OC(C)(C)C)n1. The lowest BCUT2D eigenvalue weighted by Gasteiger charge is -2.19. The lowest BCUT2D eigenvalue weighted by Crippen LogP contribution is -2.29. The Morgan fingerprint density at radius 2 is 1.86 bits per heavy atom. The van der Waals surface area contributed by atoms with Crippen LogP contribution in [-0.4, -0.2) is 44.8 Å². The van der Waals surface area contributed by atoms with Crippen molar-refractivity contribution in [3.63, 3.8) is 0 Å². The summed E-state index contributed by atoms with van der Waals surface area (Å²) >= 11 is 0.928. The van der Waals surface area contributed by atoms with E-state index in [0.717, 1.165) is 43.6 Å². The molecule has 1 aromatic rings. The minimum absolute atomic E-state index is 0.149. The molecule has 1 rings (SSSR count). The predicted octanol–water partition coefficient (Wildman–Crippen LogP) is 4.25. The fourth-order valence-electron chi connectivity index (χ4n) is 2.59. The van der Waals surface area contributed by atoms with Gasteiger partial charge in [-0.05, 0) is 34.1 Å². The number of amides is 1. The van der Waals surface area contributed by atoms with E-state index >= 15 is 0 Å². The van der Waals surface area contributed by atoms with Crippen LogP contribution in [0.15, 0.2) is 0 Å². The van der Waals surface area contributed by atoms with Gasteiger partial charge in [0.25, 0.3) is 0 Å². The molecule has 0 aromatic carbocycles. The topological polar surface area (TPSA) is 111 Å². The van der Waals surface area contributed by atoms with Crippen LogP contribution < -0.4 is 5.32 Å². The second kappa shape index (κ2) is 12.0. The quantitative estimate of drug-likeness (QED) is 0.410. The van der Waals surface area contributed by atoms with Gasteiger partial charge >= 0.3 is 12.1 Å². The Morgan fingerprint density at radius 1 is 1.18 bits per heavy atom. The minimum atomic E-state index is -0.975. The number of nitrogens with one attached hydrogen (secondary N) is 1. The Morgan fingerprint density at radius 3 is 2.46 bits per heavy atom. The van der Waals surface area contributed by atoms with Crippen LogP contribution in [-0.2, 0) is 14.3 Å². The molecular weight excluding hydrogens is 382 g/mol. The third-order valence-electron chi connectivity index (χ3n) is 3.86. The van der Waals surface area contributed by atoms with Gasteiger partial charge in [0.15, 0.2) is 5.82 Å². The summed E-state index contributed by atoms with van der Waals surface area (Å²) in [5, 5.41) is 13.3. The molecule has 1 amide bonds. The lowest BCUT2D eigenvalue weighted by atomic mass is 9.96. The van der Waals surface area contributed by atoms with E-state index in [-0.39, 0.29) is 17.6 Å². The molecule has 2 atom stereocenters. The third-order valence-corrected chi connectivity index (χ3v) is 4.50. The Balaban J connectivity index is 2.78. The molecule has 0 aliphatic rings. The average Bonchev–Trinajstić information content (AvgIpc) is 3.01. The first-order valence-electron chi connectivity index (χ1n) is 9.86. The number of aliphatic hydroxyl groups excluding tert-OH is 1. The highest BCUT2D eigenvalue weighted by molar-refractivity contribution is 7.09. The summed E-state index contributed by atoms with van der Waals surface area (Å²) in [5.41, 5.74) is -0.640. The molecule has 0 saturated carbocycles. The molecule has 28 heavy (non-hydrogen) atoms. The van der Waals surface area contributed by atoms with E-state index in [4.69, 9.17) is 9.47 Å². The standard InChI is InChI=1S/C19H33N3O5S/c1-6-8-9-10-11-12-13(23)14(16(24)26-7-2)15-20-17(28-22-15)21-18(25)27-19(3,4)5/h13-14,23H,6-12H2,1-5H3,(H,20,21,22,25). The van der Waals surface area contributed by atoms with E-state index in [1.807, 2.05) is 0 Å². The number of aromatic nitrogens is 2. The van der Waals surface area contributed by atoms with Crippen LogP contribution in [0, 0.1) is 0 Å². The smallest absolute Gasteiger partial charge is 0.414 e. The van der Waals surface area contributed by atoms with Crippen LogP contribution in [0.2, 0.25) is 0 Å². The van der Waals surface area contributed by atoms with Gasteiger partial charge in [-0.15, -0.1) is 0 Å². The van der Waals surface area contributed by atoms with Gasteiger partial charge in [-0.1, -0.05) is 39.0 Å². The van der Waals surface area contributed by atoms with Crippen molar-refractivity contribution in [2.75, 3.05) is 11.9 Å². The fourth-order valence-corrected chi connectivity index (χ4v) is 3.19. The van der Waals surface area contributed by atoms with Gasteiger partial charge in [0.2, 0.25) is 5.13 Å². The summed E-state index contributed by atoms with van der Waals surface area (Å²) < 4.78 is 14.4. The summed E-state index contributed by atoms with van der Waals surface area (Å²) in [7, 11) is 0. The second-order valence-electron chi connectivity index (χ2n) is 7.58. The monoisotopic (exact) mass is 415 g/mol. The molecule has 9 heteroatoms. The fraction of sp³-hybridized carbons (Fsp3) is 0.789. The second-order valence-corrected chi connectivity index (χ2v) is 8.34. The number of carbonyl (C=O) groups is 2. The first kappa shape index (κ1) is 24.3. The van der Waals surface area contributed by atoms with Crippen molar-refractivity contribution in [2.24, 2.45) is 0 Å². The average molecular weight is 416 g/mol. The number of hydrogen-bond acceptors (Lipinski definition) is 8. The van der Waals surface area contributed by atoms with Gasteiger partial charge in [0, 0.05) is 11.5 Å². The first-order valence-corrected chi connectivity index (χ1v) is 10.6. The van der Waals surface area contributed by atoms with Crippen LogP contribution in [0.25, 0.3) is 0 Å². The highest BCUT2D eigenvalue weighted by Crippen LogP contribution is 2.26. The molecule has 1 heterocycles. The van der Waals surface area contributed by atoms with E-state index in [1.165, 1.54) is 0 Å². The minimum Gasteiger partial charge on any atom is -0.465 e. The Labute approximate surface area is 171 Å². The van der Waals surface area contributed by atoms with E-state index < -0.39 is 29.7 Å². The van der Waals surface area contributed by atoms with Gasteiger partial charge in [0.1, 0.15) is 11.5 Å². The molecule has 1 aromatic heterocycles. The van der Waals surface area contributed by atoms with Crippen molar-refractivity contribution in [2.45, 2.75) is 90.8 Å². The number of nitrogens with zero attached hydrogens (tertiary/aromatic N) is 2. The molecule has 0 saturated heterocycles. The van der Waals surface area contributed by atoms with E-state index in [2.05, 4.69) is 21.6 Å². The number of ether oxygens (including phenoxy) is 2. The summed E-state index contributed by atoms with van der Waals surface area (Å²) in [6, 6.07) is 0. The van der Waals surface area contributed by atoms with Gasteiger partial charge < -0.3 is 14.6 Å². The highest BCUT2D eigenvalue weighted by atomic mass is 32.1. The third kappa shape index (κ3) is 8.97. The molecule has 0 fully saturated rings. The van der Waals surface area contributed by atoms with E-state index in [1.54, 1.807) is 27.7 Å². The number of anilines is 1. The maximum Gasteiger partial charge on any atom is 0.414 e. The van der Waals surface area contributed by atoms with Crippen molar-refractivity contribution >= 4 is 28.7 Å². The zero-order valence-corrected chi connectivity index (χ0v) is 18.3. The Hall–Kier alpha value is -1.74. The number of carbonyl (C=O) groups excluding carboxylic acids is 2. The maximum atomic E-state index is 12.4. The first-order chi connectivity index (χ1) is 13.2. The number of hydrogen-bond donors (Lipinski definition) is 2. The Bertz CT molecular complexity index is 615. The van der Waals surface area contributed by atoms with Crippen molar-refractivity contribution in [1.29, 1.82) is 0 Å². The van der Waals surface area contributed by atoms with Crippen LogP contribution in [0.1, 0.15) is 84.9 Å². The molecule has 2 unspecified atom stereocenters. The van der Waals surface area contributed by atoms with Gasteiger partial charge in [-0.2, -0.15) is 4.37 Å². The number of esters is 1. The molecule has 0 bridgehead atoms. The largest absolute Gasteiger partial charge is 0.465 e. The lowest BCUT2D eigenvalue weighted by molar-refractivity contribution is -0.148. The van der Waals surface area contributed by atoms with Crippen LogP contribution in [0.5, 0.6) is 0 Å². The normalized spacial score (nSPS) is 13.6. The molecule has 0 radical (unpaired) electrons. The number of unbranched alkanes of at least 4 members (excludes halogenated alkanes) is 4. The predicted molar refractivity (Wildman–Crippen MR) is 109 cm³/mol. The van der Waals surface area contributed by atoms with Gasteiger partial charge in [0.05, 0.1) is 12.7 Å². The summed E-state index contributed by atoms with van der Waals surface area (Å²) in [5.74, 6) is -1.39. The van der Waals surface area contributed by atoms with E-state index in [9.17, 15) is 14.7 Å².